The van der Waals surface area contributed by atoms with Crippen LogP contribution in [0.5, 0.6) is 0 Å². The van der Waals surface area contributed by atoms with Crippen molar-refractivity contribution < 1.29 is 81.4 Å². The maximum Gasteiger partial charge on any atom is 5.00 e. The second-order valence-electron chi connectivity index (χ2n) is 3.81. The Morgan fingerprint density at radius 3 is 1.38 bits per heavy atom. The van der Waals surface area contributed by atoms with E-state index in [-0.39, 0.29) is 66.3 Å². The summed E-state index contributed by atoms with van der Waals surface area (Å²) in [5.74, 6) is -4.30. The summed E-state index contributed by atoms with van der Waals surface area (Å²) in [7, 11) is 0. The molecule has 0 atom stereocenters. The van der Waals surface area contributed by atoms with Crippen molar-refractivity contribution in [2.45, 2.75) is 0 Å². The van der Waals surface area contributed by atoms with Crippen LogP contribution in [0.15, 0.2) is 0 Å². The van der Waals surface area contributed by atoms with Crippen LogP contribution in [-0.4, -0.2) is 73.6 Å². The van der Waals surface area contributed by atoms with Crippen molar-refractivity contribution >= 4 is 17.9 Å². The second kappa shape index (κ2) is 14.7. The number of hydrogen-bond acceptors (Lipinski definition) is 9. The second-order valence-corrected chi connectivity index (χ2v) is 3.81. The van der Waals surface area contributed by atoms with Crippen LogP contribution in [0.2, 0.25) is 0 Å². The molecule has 0 aromatic rings. The first-order chi connectivity index (χ1) is 8.85. The van der Waals surface area contributed by atoms with E-state index in [0.717, 1.165) is 4.90 Å². The minimum Gasteiger partial charge on any atom is -0.854 e. The number of rotatable bonds is 11. The molecule has 0 aromatic carbocycles. The molecule has 0 fully saturated rings. The van der Waals surface area contributed by atoms with Gasteiger partial charge in [0.25, 0.3) is 0 Å². The van der Waals surface area contributed by atoms with Crippen molar-refractivity contribution in [3.8, 4) is 0 Å². The van der Waals surface area contributed by atoms with Crippen LogP contribution in [0.3, 0.4) is 0 Å². The summed E-state index contributed by atoms with van der Waals surface area (Å²) in [6, 6.07) is 0. The molecule has 1 radical (unpaired) electrons. The van der Waals surface area contributed by atoms with Gasteiger partial charge in [-0.2, -0.15) is 0 Å². The number of carboxylic acid groups (broad SMARTS) is 3. The van der Waals surface area contributed by atoms with Crippen LogP contribution in [0, 0.1) is 0 Å². The fraction of sp³-hybridized carbons (Fsp3) is 0.700. The normalized spacial score (nSPS) is 9.86. The summed E-state index contributed by atoms with van der Waals surface area (Å²) >= 11 is 0. The van der Waals surface area contributed by atoms with E-state index < -0.39 is 44.1 Å². The quantitative estimate of drug-likeness (QED) is 0.330. The van der Waals surface area contributed by atoms with Crippen LogP contribution >= 0.6 is 0 Å². The van der Waals surface area contributed by atoms with Gasteiger partial charge in [-0.05, 0) is 6.54 Å². The molecule has 0 aromatic heterocycles. The van der Waals surface area contributed by atoms with E-state index in [9.17, 15) is 34.8 Å². The molecule has 0 amide bonds. The van der Waals surface area contributed by atoms with Crippen molar-refractivity contribution in [2.24, 2.45) is 0 Å². The third kappa shape index (κ3) is 16.0. The van der Waals surface area contributed by atoms with Gasteiger partial charge in [-0.15, -0.1) is 6.61 Å². The smallest absolute Gasteiger partial charge is 0.854 e. The average Bonchev–Trinajstić information content (AvgIpc) is 2.23. The molecule has 0 N–H and O–H groups in total. The summed E-state index contributed by atoms with van der Waals surface area (Å²) in [5, 5.41) is 41.7. The zero-order valence-corrected chi connectivity index (χ0v) is 14.7. The van der Waals surface area contributed by atoms with E-state index in [1.54, 1.807) is 0 Å². The first-order valence-electron chi connectivity index (χ1n) is 5.47. The van der Waals surface area contributed by atoms with Gasteiger partial charge in [0.15, 0.2) is 0 Å². The first kappa shape index (κ1) is 25.7. The topological polar surface area (TPSA) is 150 Å². The third-order valence-corrected chi connectivity index (χ3v) is 2.20. The molecule has 0 aliphatic heterocycles. The van der Waals surface area contributed by atoms with Gasteiger partial charge in [-0.25, -0.2) is 0 Å². The van der Waals surface area contributed by atoms with Gasteiger partial charge in [-0.3, -0.25) is 9.80 Å². The van der Waals surface area contributed by atoms with Crippen molar-refractivity contribution in [1.82, 2.24) is 9.80 Å². The Bertz CT molecular complexity index is 317. The number of aliphatic carboxylic acids is 3. The summed E-state index contributed by atoms with van der Waals surface area (Å²) in [4.78, 5) is 33.5. The van der Waals surface area contributed by atoms with Crippen LogP contribution < -0.4 is 50.0 Å². The van der Waals surface area contributed by atoms with Crippen LogP contribution in [0.1, 0.15) is 0 Å². The molecular formula is C10H14FeN2NaO7+2. The van der Waals surface area contributed by atoms with Gasteiger partial charge >= 0.3 is 46.6 Å². The van der Waals surface area contributed by atoms with Gasteiger partial charge in [0.05, 0.1) is 17.9 Å². The maximum atomic E-state index is 10.4. The van der Waals surface area contributed by atoms with E-state index in [2.05, 4.69) is 0 Å². The molecule has 0 aliphatic carbocycles. The number of hydrogen-bond donors (Lipinski definition) is 0. The molecule has 11 heteroatoms. The Morgan fingerprint density at radius 1 is 0.714 bits per heavy atom. The van der Waals surface area contributed by atoms with Gasteiger partial charge in [0, 0.05) is 32.7 Å². The Balaban J connectivity index is -0.00000162. The van der Waals surface area contributed by atoms with E-state index in [1.807, 2.05) is 0 Å². The van der Waals surface area contributed by atoms with Crippen molar-refractivity contribution in [3.63, 3.8) is 0 Å². The van der Waals surface area contributed by atoms with Crippen LogP contribution in [0.25, 0.3) is 0 Å². The fourth-order valence-electron chi connectivity index (χ4n) is 1.44. The van der Waals surface area contributed by atoms with Gasteiger partial charge < -0.3 is 34.8 Å². The number of nitrogens with zero attached hydrogens (tertiary/aromatic N) is 2. The van der Waals surface area contributed by atoms with E-state index >= 15 is 0 Å². The van der Waals surface area contributed by atoms with Crippen molar-refractivity contribution in [1.29, 1.82) is 0 Å². The van der Waals surface area contributed by atoms with Gasteiger partial charge in [0.1, 0.15) is 0 Å². The van der Waals surface area contributed by atoms with Crippen molar-refractivity contribution in [3.05, 3.63) is 0 Å². The number of carboxylic acids is 3. The first-order valence-corrected chi connectivity index (χ1v) is 5.47. The van der Waals surface area contributed by atoms with Crippen LogP contribution in [0.4, 0.5) is 0 Å². The largest absolute Gasteiger partial charge is 5.00 e. The summed E-state index contributed by atoms with van der Waals surface area (Å²) in [6.07, 6.45) is 0. The average molecular weight is 353 g/mol. The minimum absolute atomic E-state index is 0. The Labute approximate surface area is 154 Å². The SMILES string of the molecule is O=C([O-])CN(CC[O-])CCN(CC(=O)[O-])CC(=O)[O-].[Fe+5].[Na+]. The van der Waals surface area contributed by atoms with Crippen LogP contribution in [-0.2, 0) is 31.5 Å². The zero-order chi connectivity index (χ0) is 14.8. The molecule has 113 valence electrons. The predicted molar refractivity (Wildman–Crippen MR) is 52.8 cm³/mol. The van der Waals surface area contributed by atoms with E-state index in [4.69, 9.17) is 0 Å². The van der Waals surface area contributed by atoms with Gasteiger partial charge in [-0.1, -0.05) is 0 Å². The standard InChI is InChI=1S/C10H17N2O7.Fe.Na/c13-4-3-11(5-8(14)15)1-2-12(6-9(16)17)7-10(18)19;;/h1-7H2,(H,14,15)(H,16,17)(H,18,19);;/q-1;+5;+1/p-3. The number of carbonyl (C=O) groups is 3. The summed E-state index contributed by atoms with van der Waals surface area (Å²) in [6.45, 7) is -2.33. The van der Waals surface area contributed by atoms with Crippen molar-refractivity contribution in [2.75, 3.05) is 45.9 Å². The molecule has 0 aliphatic rings. The Hall–Kier alpha value is -0.191. The molecule has 0 unspecified atom stereocenters. The molecule has 0 saturated heterocycles. The molecule has 0 bridgehead atoms. The van der Waals surface area contributed by atoms with E-state index in [0.29, 0.717) is 0 Å². The molecule has 0 saturated carbocycles. The molecule has 21 heavy (non-hydrogen) atoms. The molecule has 9 nitrogen and oxygen atoms in total. The van der Waals surface area contributed by atoms with Gasteiger partial charge in [0.2, 0.25) is 0 Å². The Morgan fingerprint density at radius 2 is 1.05 bits per heavy atom. The Kier molecular flexibility index (Phi) is 18.1. The maximum absolute atomic E-state index is 10.4. The summed E-state index contributed by atoms with van der Waals surface area (Å²) in [5.41, 5.74) is 0. The minimum atomic E-state index is -1.46. The monoisotopic (exact) mass is 353 g/mol. The molecule has 0 spiro atoms. The van der Waals surface area contributed by atoms with E-state index in [1.165, 1.54) is 4.90 Å². The molecule has 0 heterocycles. The summed E-state index contributed by atoms with van der Waals surface area (Å²) < 4.78 is 0. The third-order valence-electron chi connectivity index (χ3n) is 2.20. The zero-order valence-electron chi connectivity index (χ0n) is 11.6. The predicted octanol–water partition coefficient (Wildman–Crippen LogP) is -9.80. The molecular weight excluding hydrogens is 339 g/mol. The fourth-order valence-corrected chi connectivity index (χ4v) is 1.44. The number of carbonyl (C=O) groups excluding carboxylic acids is 3. The molecule has 0 rings (SSSR count).